The van der Waals surface area contributed by atoms with Gasteiger partial charge in [0.15, 0.2) is 0 Å². The molecule has 2 atom stereocenters. The van der Waals surface area contributed by atoms with Gasteiger partial charge in [0.2, 0.25) is 5.91 Å². The Morgan fingerprint density at radius 2 is 2.09 bits per heavy atom. The summed E-state index contributed by atoms with van der Waals surface area (Å²) in [5.74, 6) is 1.32. The number of benzene rings is 1. The molecule has 1 aliphatic rings. The first-order chi connectivity index (χ1) is 10.7. The second kappa shape index (κ2) is 9.78. The summed E-state index contributed by atoms with van der Waals surface area (Å²) in [7, 11) is 1.67. The zero-order valence-corrected chi connectivity index (χ0v) is 15.2. The van der Waals surface area contributed by atoms with E-state index in [4.69, 9.17) is 4.74 Å². The number of carbonyl (C=O) groups is 1. The Bertz CT molecular complexity index is 472. The van der Waals surface area contributed by atoms with Gasteiger partial charge in [-0.3, -0.25) is 4.79 Å². The number of ether oxygens (including phenoxy) is 1. The van der Waals surface area contributed by atoms with Crippen molar-refractivity contribution in [3.8, 4) is 5.75 Å². The molecule has 2 unspecified atom stereocenters. The van der Waals surface area contributed by atoms with Crippen LogP contribution in [-0.2, 0) is 11.2 Å². The summed E-state index contributed by atoms with van der Waals surface area (Å²) < 4.78 is 5.19. The van der Waals surface area contributed by atoms with Gasteiger partial charge in [0.25, 0.3) is 0 Å². The van der Waals surface area contributed by atoms with E-state index in [2.05, 4.69) is 31.3 Å². The summed E-state index contributed by atoms with van der Waals surface area (Å²) in [5.41, 5.74) is 1.24. The fraction of sp³-hybridized carbons (Fsp3) is 0.611. The Labute approximate surface area is 146 Å². The first-order valence-corrected chi connectivity index (χ1v) is 8.29. The number of nitrogens with one attached hydrogen (secondary N) is 1. The lowest BCUT2D eigenvalue weighted by Crippen LogP contribution is -2.47. The van der Waals surface area contributed by atoms with E-state index in [1.54, 1.807) is 7.11 Å². The van der Waals surface area contributed by atoms with Crippen molar-refractivity contribution in [1.29, 1.82) is 0 Å². The number of nitrogens with zero attached hydrogens (tertiary/aromatic N) is 1. The topological polar surface area (TPSA) is 41.6 Å². The predicted molar refractivity (Wildman–Crippen MR) is 96.4 cm³/mol. The number of hydrogen-bond donors (Lipinski definition) is 1. The standard InChI is InChI=1S/C18H28N2O2.ClH/c1-4-20(18(21)16-6-5-11-19-13-16)14(2)12-15-7-9-17(22-3)10-8-15;/h7-10,14,16,19H,4-6,11-13H2,1-3H3;1H. The molecule has 1 fully saturated rings. The lowest BCUT2D eigenvalue weighted by atomic mass is 9.96. The van der Waals surface area contributed by atoms with E-state index in [0.717, 1.165) is 44.6 Å². The number of piperidine rings is 1. The SMILES string of the molecule is CCN(C(=O)C1CCCNC1)C(C)Cc1ccc(OC)cc1.Cl. The molecule has 1 aromatic rings. The molecule has 0 bridgehead atoms. The smallest absolute Gasteiger partial charge is 0.227 e. The molecule has 1 aromatic carbocycles. The highest BCUT2D eigenvalue weighted by molar-refractivity contribution is 5.85. The molecule has 4 nitrogen and oxygen atoms in total. The molecule has 5 heteroatoms. The number of amides is 1. The predicted octanol–water partition coefficient (Wildman–Crippen LogP) is 2.90. The number of rotatable bonds is 6. The van der Waals surface area contributed by atoms with Crippen LogP contribution in [0.3, 0.4) is 0 Å². The summed E-state index contributed by atoms with van der Waals surface area (Å²) in [6.07, 6.45) is 2.99. The van der Waals surface area contributed by atoms with Crippen molar-refractivity contribution in [2.24, 2.45) is 5.92 Å². The Hall–Kier alpha value is -1.26. The van der Waals surface area contributed by atoms with Crippen molar-refractivity contribution in [2.45, 2.75) is 39.2 Å². The Balaban J connectivity index is 0.00000264. The number of hydrogen-bond acceptors (Lipinski definition) is 3. The van der Waals surface area contributed by atoms with Crippen molar-refractivity contribution in [3.05, 3.63) is 29.8 Å². The number of likely N-dealkylation sites (N-methyl/N-ethyl adjacent to an activating group) is 1. The Kier molecular flexibility index (Phi) is 8.42. The average Bonchev–Trinajstić information content (AvgIpc) is 2.57. The molecule has 0 aliphatic carbocycles. The van der Waals surface area contributed by atoms with Gasteiger partial charge in [-0.15, -0.1) is 12.4 Å². The zero-order chi connectivity index (χ0) is 15.9. The van der Waals surface area contributed by atoms with Crippen LogP contribution in [0, 0.1) is 5.92 Å². The van der Waals surface area contributed by atoms with Crippen LogP contribution in [0.15, 0.2) is 24.3 Å². The summed E-state index contributed by atoms with van der Waals surface area (Å²) in [4.78, 5) is 14.8. The van der Waals surface area contributed by atoms with Crippen LogP contribution < -0.4 is 10.1 Å². The third kappa shape index (κ3) is 5.40. The normalized spacial score (nSPS) is 18.7. The molecule has 2 rings (SSSR count). The monoisotopic (exact) mass is 340 g/mol. The van der Waals surface area contributed by atoms with Gasteiger partial charge >= 0.3 is 0 Å². The summed E-state index contributed by atoms with van der Waals surface area (Å²) in [6.45, 7) is 6.84. The Morgan fingerprint density at radius 1 is 1.39 bits per heavy atom. The van der Waals surface area contributed by atoms with Crippen LogP contribution >= 0.6 is 12.4 Å². The van der Waals surface area contributed by atoms with Crippen LogP contribution in [0.25, 0.3) is 0 Å². The quantitative estimate of drug-likeness (QED) is 0.865. The highest BCUT2D eigenvalue weighted by Crippen LogP contribution is 2.18. The maximum atomic E-state index is 12.7. The molecule has 1 heterocycles. The molecule has 1 amide bonds. The molecule has 0 saturated carbocycles. The minimum atomic E-state index is 0. The van der Waals surface area contributed by atoms with Crippen LogP contribution in [-0.4, -0.2) is 43.6 Å². The van der Waals surface area contributed by atoms with Gasteiger partial charge in [0.05, 0.1) is 13.0 Å². The molecule has 23 heavy (non-hydrogen) atoms. The highest BCUT2D eigenvalue weighted by atomic mass is 35.5. The third-order valence-electron chi connectivity index (χ3n) is 4.49. The van der Waals surface area contributed by atoms with Crippen molar-refractivity contribution in [2.75, 3.05) is 26.7 Å². The average molecular weight is 341 g/mol. The molecule has 1 N–H and O–H groups in total. The number of methoxy groups -OCH3 is 1. The van der Waals surface area contributed by atoms with Gasteiger partial charge in [-0.2, -0.15) is 0 Å². The van der Waals surface area contributed by atoms with Gasteiger partial charge in [0.1, 0.15) is 5.75 Å². The van der Waals surface area contributed by atoms with E-state index in [1.165, 1.54) is 5.56 Å². The fourth-order valence-electron chi connectivity index (χ4n) is 3.19. The van der Waals surface area contributed by atoms with Gasteiger partial charge < -0.3 is 15.0 Å². The van der Waals surface area contributed by atoms with Crippen molar-refractivity contribution in [1.82, 2.24) is 10.2 Å². The van der Waals surface area contributed by atoms with Crippen molar-refractivity contribution >= 4 is 18.3 Å². The molecule has 0 spiro atoms. The number of halogens is 1. The van der Waals surface area contributed by atoms with Gasteiger partial charge in [-0.1, -0.05) is 12.1 Å². The molecular weight excluding hydrogens is 312 g/mol. The van der Waals surface area contributed by atoms with Crippen LogP contribution in [0.2, 0.25) is 0 Å². The molecule has 1 aliphatic heterocycles. The second-order valence-electron chi connectivity index (χ2n) is 6.07. The highest BCUT2D eigenvalue weighted by Gasteiger charge is 2.27. The zero-order valence-electron chi connectivity index (χ0n) is 14.4. The second-order valence-corrected chi connectivity index (χ2v) is 6.07. The third-order valence-corrected chi connectivity index (χ3v) is 4.49. The maximum Gasteiger partial charge on any atom is 0.227 e. The van der Waals surface area contributed by atoms with E-state index < -0.39 is 0 Å². The first kappa shape index (κ1) is 19.8. The fourth-order valence-corrected chi connectivity index (χ4v) is 3.19. The van der Waals surface area contributed by atoms with Crippen LogP contribution in [0.5, 0.6) is 5.75 Å². The van der Waals surface area contributed by atoms with Crippen molar-refractivity contribution in [3.63, 3.8) is 0 Å². The first-order valence-electron chi connectivity index (χ1n) is 8.29. The lowest BCUT2D eigenvalue weighted by Gasteiger charge is -2.33. The van der Waals surface area contributed by atoms with E-state index >= 15 is 0 Å². The summed E-state index contributed by atoms with van der Waals surface area (Å²) >= 11 is 0. The Morgan fingerprint density at radius 3 is 2.61 bits per heavy atom. The molecule has 1 saturated heterocycles. The van der Waals surface area contributed by atoms with E-state index in [0.29, 0.717) is 5.91 Å². The van der Waals surface area contributed by atoms with E-state index in [-0.39, 0.29) is 24.4 Å². The molecule has 0 aromatic heterocycles. The largest absolute Gasteiger partial charge is 0.497 e. The molecule has 0 radical (unpaired) electrons. The van der Waals surface area contributed by atoms with Gasteiger partial charge in [-0.25, -0.2) is 0 Å². The molecule has 130 valence electrons. The van der Waals surface area contributed by atoms with Crippen LogP contribution in [0.1, 0.15) is 32.3 Å². The summed E-state index contributed by atoms with van der Waals surface area (Å²) in [5, 5.41) is 3.33. The van der Waals surface area contributed by atoms with Gasteiger partial charge in [-0.05, 0) is 57.4 Å². The van der Waals surface area contributed by atoms with Crippen LogP contribution in [0.4, 0.5) is 0 Å². The summed E-state index contributed by atoms with van der Waals surface area (Å²) in [6, 6.07) is 8.33. The van der Waals surface area contributed by atoms with Crippen molar-refractivity contribution < 1.29 is 9.53 Å². The number of carbonyl (C=O) groups excluding carboxylic acids is 1. The lowest BCUT2D eigenvalue weighted by molar-refractivity contribution is -0.137. The minimum absolute atomic E-state index is 0. The van der Waals surface area contributed by atoms with E-state index in [1.807, 2.05) is 17.0 Å². The van der Waals surface area contributed by atoms with Gasteiger partial charge in [0, 0.05) is 19.1 Å². The van der Waals surface area contributed by atoms with E-state index in [9.17, 15) is 4.79 Å². The molecular formula is C18H29ClN2O2. The minimum Gasteiger partial charge on any atom is -0.497 e. The maximum absolute atomic E-state index is 12.7.